The van der Waals surface area contributed by atoms with E-state index >= 15 is 0 Å². The number of pyridine rings is 1. The van der Waals surface area contributed by atoms with Gasteiger partial charge in [0.2, 0.25) is 0 Å². The second kappa shape index (κ2) is 10.1. The normalized spacial score (nSPS) is 24.8. The molecule has 6 nitrogen and oxygen atoms in total. The lowest BCUT2D eigenvalue weighted by Gasteiger charge is -2.41. The molecular weight excluding hydrogens is 472 g/mol. The lowest BCUT2D eigenvalue weighted by molar-refractivity contribution is 0.100. The van der Waals surface area contributed by atoms with Crippen molar-refractivity contribution in [2.24, 2.45) is 5.92 Å². The molecule has 2 unspecified atom stereocenters. The predicted molar refractivity (Wildman–Crippen MR) is 145 cm³/mol. The maximum absolute atomic E-state index is 6.41. The molecule has 2 saturated heterocycles. The highest BCUT2D eigenvalue weighted by atomic mass is 35.5. The van der Waals surface area contributed by atoms with E-state index in [1.54, 1.807) is 14.2 Å². The van der Waals surface area contributed by atoms with Crippen LogP contribution in [0.25, 0.3) is 16.9 Å². The van der Waals surface area contributed by atoms with Gasteiger partial charge in [-0.15, -0.1) is 0 Å². The third kappa shape index (κ3) is 4.66. The van der Waals surface area contributed by atoms with E-state index in [1.165, 1.54) is 64.3 Å². The largest absolute Gasteiger partial charge is 0.496 e. The number of fused-ring (bicyclic) bond motifs is 3. The molecule has 3 aliphatic rings. The van der Waals surface area contributed by atoms with Crippen LogP contribution in [0.3, 0.4) is 0 Å². The molecule has 2 aliphatic heterocycles. The van der Waals surface area contributed by atoms with Crippen LogP contribution in [0, 0.1) is 5.92 Å². The first-order chi connectivity index (χ1) is 17.6. The standard InChI is InChI=1S/C29H37ClN4O2/c1-35-27-16-28(36-2)25(30)15-24(27)26-18-33-11-10-20(14-29(33)32-26)31-21-12-22-8-9-23(13-21)34(22)17-19-6-4-3-5-7-19/h10-11,14-16,18-19,21-23,31H,3-9,12-13,17H2,1-2H3. The maximum Gasteiger partial charge on any atom is 0.141 e. The van der Waals surface area contributed by atoms with Crippen molar-refractivity contribution in [3.63, 3.8) is 0 Å². The Morgan fingerprint density at radius 1 is 0.972 bits per heavy atom. The number of hydrogen-bond donors (Lipinski definition) is 1. The fourth-order valence-corrected chi connectivity index (χ4v) is 7.10. The Hall–Kier alpha value is -2.44. The average Bonchev–Trinajstić information content (AvgIpc) is 3.41. The van der Waals surface area contributed by atoms with Gasteiger partial charge in [0.1, 0.15) is 17.1 Å². The van der Waals surface area contributed by atoms with Crippen LogP contribution in [0.4, 0.5) is 5.69 Å². The quantitative estimate of drug-likeness (QED) is 0.386. The first-order valence-electron chi connectivity index (χ1n) is 13.5. The molecule has 2 aromatic heterocycles. The first kappa shape index (κ1) is 23.9. The number of anilines is 1. The van der Waals surface area contributed by atoms with Crippen molar-refractivity contribution in [1.82, 2.24) is 14.3 Å². The maximum atomic E-state index is 6.41. The topological polar surface area (TPSA) is 51.0 Å². The van der Waals surface area contributed by atoms with Crippen LogP contribution >= 0.6 is 11.6 Å². The highest BCUT2D eigenvalue weighted by Crippen LogP contribution is 2.40. The van der Waals surface area contributed by atoms with Gasteiger partial charge in [-0.2, -0.15) is 0 Å². The zero-order valence-corrected chi connectivity index (χ0v) is 22.1. The lowest BCUT2D eigenvalue weighted by atomic mass is 9.87. The molecule has 0 amide bonds. The number of imidazole rings is 1. The van der Waals surface area contributed by atoms with Crippen molar-refractivity contribution in [1.29, 1.82) is 0 Å². The Labute approximate surface area is 218 Å². The monoisotopic (exact) mass is 508 g/mol. The molecule has 7 heteroatoms. The third-order valence-corrected chi connectivity index (χ3v) is 8.95. The van der Waals surface area contributed by atoms with Gasteiger partial charge in [0.25, 0.3) is 0 Å². The summed E-state index contributed by atoms with van der Waals surface area (Å²) in [6.45, 7) is 1.34. The number of aromatic nitrogens is 2. The molecule has 2 atom stereocenters. The van der Waals surface area contributed by atoms with Gasteiger partial charge in [0.15, 0.2) is 0 Å². The molecule has 6 rings (SSSR count). The fourth-order valence-electron chi connectivity index (χ4n) is 6.86. The number of hydrogen-bond acceptors (Lipinski definition) is 5. The zero-order chi connectivity index (χ0) is 24.6. The second-order valence-electron chi connectivity index (χ2n) is 10.9. The van der Waals surface area contributed by atoms with Crippen LogP contribution in [-0.4, -0.2) is 53.2 Å². The van der Waals surface area contributed by atoms with Crippen molar-refractivity contribution < 1.29 is 9.47 Å². The van der Waals surface area contributed by atoms with Crippen molar-refractivity contribution in [3.05, 3.63) is 41.7 Å². The predicted octanol–water partition coefficient (Wildman–Crippen LogP) is 6.66. The summed E-state index contributed by atoms with van der Waals surface area (Å²) in [5, 5.41) is 4.39. The molecule has 192 valence electrons. The van der Waals surface area contributed by atoms with Crippen LogP contribution < -0.4 is 14.8 Å². The molecule has 1 aliphatic carbocycles. The van der Waals surface area contributed by atoms with E-state index in [-0.39, 0.29) is 0 Å². The molecule has 1 saturated carbocycles. The molecule has 3 aromatic rings. The Balaban J connectivity index is 1.16. The Morgan fingerprint density at radius 2 is 1.72 bits per heavy atom. The Morgan fingerprint density at radius 3 is 2.44 bits per heavy atom. The number of nitrogens with zero attached hydrogens (tertiary/aromatic N) is 3. The molecular formula is C29H37ClN4O2. The molecule has 2 bridgehead atoms. The van der Waals surface area contributed by atoms with Crippen molar-refractivity contribution in [3.8, 4) is 22.8 Å². The molecule has 0 radical (unpaired) electrons. The molecule has 0 spiro atoms. The van der Waals surface area contributed by atoms with E-state index in [1.807, 2.05) is 18.3 Å². The number of methoxy groups -OCH3 is 2. The van der Waals surface area contributed by atoms with Gasteiger partial charge >= 0.3 is 0 Å². The summed E-state index contributed by atoms with van der Waals surface area (Å²) in [4.78, 5) is 7.78. The number of ether oxygens (including phenoxy) is 2. The minimum Gasteiger partial charge on any atom is -0.496 e. The summed E-state index contributed by atoms with van der Waals surface area (Å²) in [7, 11) is 3.25. The molecule has 3 fully saturated rings. The summed E-state index contributed by atoms with van der Waals surface area (Å²) in [5.41, 5.74) is 3.72. The van der Waals surface area contributed by atoms with E-state index in [2.05, 4.69) is 32.9 Å². The highest BCUT2D eigenvalue weighted by Gasteiger charge is 2.41. The number of piperidine rings is 1. The Kier molecular flexibility index (Phi) is 6.74. The lowest BCUT2D eigenvalue weighted by Crippen LogP contribution is -2.48. The number of rotatable bonds is 7. The van der Waals surface area contributed by atoms with E-state index < -0.39 is 0 Å². The van der Waals surface area contributed by atoms with Crippen LogP contribution in [0.1, 0.15) is 57.8 Å². The van der Waals surface area contributed by atoms with E-state index in [4.69, 9.17) is 26.1 Å². The molecule has 1 N–H and O–H groups in total. The van der Waals surface area contributed by atoms with Crippen molar-refractivity contribution in [2.75, 3.05) is 26.1 Å². The minimum absolute atomic E-state index is 0.530. The van der Waals surface area contributed by atoms with E-state index in [0.717, 1.165) is 40.6 Å². The fraction of sp³-hybridized carbons (Fsp3) is 0.552. The van der Waals surface area contributed by atoms with E-state index in [0.29, 0.717) is 22.6 Å². The third-order valence-electron chi connectivity index (χ3n) is 8.66. The van der Waals surface area contributed by atoms with Crippen LogP contribution in [0.15, 0.2) is 36.7 Å². The van der Waals surface area contributed by atoms with Crippen LogP contribution in [-0.2, 0) is 0 Å². The van der Waals surface area contributed by atoms with Crippen LogP contribution in [0.2, 0.25) is 5.02 Å². The van der Waals surface area contributed by atoms with Gasteiger partial charge in [-0.25, -0.2) is 4.98 Å². The SMILES string of the molecule is COc1cc(OC)c(-c2cn3ccc(NC4CC5CCC(C4)N5CC4CCCCC4)cc3n2)cc1Cl. The summed E-state index contributed by atoms with van der Waals surface area (Å²) in [6, 6.07) is 10.0. The van der Waals surface area contributed by atoms with Gasteiger partial charge in [0, 0.05) is 60.4 Å². The molecule has 36 heavy (non-hydrogen) atoms. The summed E-state index contributed by atoms with van der Waals surface area (Å²) in [5.74, 6) is 2.21. The minimum atomic E-state index is 0.530. The van der Waals surface area contributed by atoms with Crippen molar-refractivity contribution >= 4 is 22.9 Å². The van der Waals surface area contributed by atoms with E-state index in [9.17, 15) is 0 Å². The summed E-state index contributed by atoms with van der Waals surface area (Å²) < 4.78 is 13.0. The van der Waals surface area contributed by atoms with Gasteiger partial charge < -0.3 is 19.2 Å². The second-order valence-corrected chi connectivity index (χ2v) is 11.3. The molecule has 4 heterocycles. The van der Waals surface area contributed by atoms with Gasteiger partial charge in [-0.1, -0.05) is 30.9 Å². The van der Waals surface area contributed by atoms with Crippen LogP contribution in [0.5, 0.6) is 11.5 Å². The summed E-state index contributed by atoms with van der Waals surface area (Å²) in [6.07, 6.45) is 16.5. The first-order valence-corrected chi connectivity index (χ1v) is 13.9. The smallest absolute Gasteiger partial charge is 0.141 e. The Bertz CT molecular complexity index is 1210. The number of halogens is 1. The summed E-state index contributed by atoms with van der Waals surface area (Å²) >= 11 is 6.41. The van der Waals surface area contributed by atoms with Gasteiger partial charge in [-0.05, 0) is 56.6 Å². The average molecular weight is 509 g/mol. The number of nitrogens with one attached hydrogen (secondary N) is 1. The highest BCUT2D eigenvalue weighted by molar-refractivity contribution is 6.32. The molecule has 1 aromatic carbocycles. The van der Waals surface area contributed by atoms with Gasteiger partial charge in [-0.3, -0.25) is 4.90 Å². The van der Waals surface area contributed by atoms with Crippen molar-refractivity contribution in [2.45, 2.75) is 75.9 Å². The van der Waals surface area contributed by atoms with Gasteiger partial charge in [0.05, 0.1) is 24.9 Å². The zero-order valence-electron chi connectivity index (χ0n) is 21.4. The number of benzene rings is 1.